The Labute approximate surface area is 225 Å². The van der Waals surface area contributed by atoms with Crippen LogP contribution in [0, 0.1) is 18.3 Å². The summed E-state index contributed by atoms with van der Waals surface area (Å²) in [6.45, 7) is 2.17. The molecule has 1 aromatic rings. The van der Waals surface area contributed by atoms with E-state index in [9.17, 15) is 9.59 Å². The maximum Gasteiger partial charge on any atom is 0.427 e. The number of carbonyl (C=O) groups excluding carboxylic acids is 2. The van der Waals surface area contributed by atoms with E-state index in [1.807, 2.05) is 6.92 Å². The summed E-state index contributed by atoms with van der Waals surface area (Å²) in [6.07, 6.45) is 6.68. The molecule has 2 atom stereocenters. The van der Waals surface area contributed by atoms with Crippen molar-refractivity contribution in [2.45, 2.75) is 50.8 Å². The van der Waals surface area contributed by atoms with Crippen LogP contribution in [0.2, 0.25) is 0 Å². The third-order valence-corrected chi connectivity index (χ3v) is 8.52. The Balaban J connectivity index is 1.70. The molecule has 0 radical (unpaired) electrons. The minimum absolute atomic E-state index is 0.0928. The molecule has 39 heavy (non-hydrogen) atoms. The number of benzene rings is 1. The summed E-state index contributed by atoms with van der Waals surface area (Å²) in [5.74, 6) is -3.59. The van der Waals surface area contributed by atoms with Gasteiger partial charge in [-0.25, -0.2) is 5.01 Å². The number of hydrogen-bond donors (Lipinski definition) is 0. The van der Waals surface area contributed by atoms with Gasteiger partial charge in [0.25, 0.3) is 11.5 Å². The molecule has 1 saturated heterocycles. The van der Waals surface area contributed by atoms with E-state index in [4.69, 9.17) is 14.2 Å². The third-order valence-electron chi connectivity index (χ3n) is 8.52. The smallest absolute Gasteiger partial charge is 0.427 e. The van der Waals surface area contributed by atoms with Gasteiger partial charge in [0.2, 0.25) is 0 Å². The van der Waals surface area contributed by atoms with Crippen LogP contribution in [0.15, 0.2) is 42.5 Å². The summed E-state index contributed by atoms with van der Waals surface area (Å²) in [4.78, 5) is 27.2. The Kier molecular flexibility index (Phi) is 7.24. The number of ketones is 1. The third kappa shape index (κ3) is 4.62. The van der Waals surface area contributed by atoms with Crippen molar-refractivity contribution in [3.8, 4) is 5.75 Å². The second-order valence-electron chi connectivity index (χ2n) is 10.7. The molecule has 1 saturated carbocycles. The minimum Gasteiger partial charge on any atom is -0.496 e. The highest BCUT2D eigenvalue weighted by Crippen LogP contribution is 2.57. The maximum absolute atomic E-state index is 15.0. The molecule has 1 aliphatic heterocycles. The molecular weight excluding hydrogens is 513 g/mol. The molecule has 1 heterocycles. The summed E-state index contributed by atoms with van der Waals surface area (Å²) < 4.78 is 61.2. The van der Waals surface area contributed by atoms with Gasteiger partial charge >= 0.3 is 6.18 Å². The molecule has 1 aromatic carbocycles. The van der Waals surface area contributed by atoms with Crippen LogP contribution < -0.4 is 9.75 Å². The predicted molar refractivity (Wildman–Crippen MR) is 139 cm³/mol. The van der Waals surface area contributed by atoms with Gasteiger partial charge in [0.15, 0.2) is 5.78 Å². The second-order valence-corrected chi connectivity index (χ2v) is 10.7. The monoisotopic (exact) mass is 546 g/mol. The van der Waals surface area contributed by atoms with E-state index >= 15 is 13.2 Å². The van der Waals surface area contributed by atoms with Gasteiger partial charge in [-0.05, 0) is 68.2 Å². The number of alkyl halides is 3. The number of ether oxygens (including phenoxy) is 3. The zero-order valence-corrected chi connectivity index (χ0v) is 22.3. The van der Waals surface area contributed by atoms with E-state index < -0.39 is 29.4 Å². The van der Waals surface area contributed by atoms with Gasteiger partial charge in [0.05, 0.1) is 25.3 Å². The first-order chi connectivity index (χ1) is 18.6. The number of allylic oxidation sites excluding steroid dienone is 5. The standard InChI is InChI=1S/C29H33F3N2O5/c1-19-24(37-2)9-8-22(25(19)20-10-12-27(13-11-20)14-15-27)34(33-16-17-39-18-33)26(36)28(38-3,29(30,31)32)21-6-4-5-7-23(21)35/h4-10,21H,11-18H2,1-3H3. The summed E-state index contributed by atoms with van der Waals surface area (Å²) in [7, 11) is 2.36. The lowest BCUT2D eigenvalue weighted by Gasteiger charge is -2.43. The van der Waals surface area contributed by atoms with E-state index in [0.717, 1.165) is 54.7 Å². The Morgan fingerprint density at radius 1 is 1.18 bits per heavy atom. The summed E-state index contributed by atoms with van der Waals surface area (Å²) in [5.41, 5.74) is -0.519. The molecule has 0 bridgehead atoms. The first-order valence-electron chi connectivity index (χ1n) is 13.1. The molecule has 2 fully saturated rings. The average molecular weight is 547 g/mol. The van der Waals surface area contributed by atoms with Crippen LogP contribution in [0.25, 0.3) is 5.57 Å². The highest BCUT2D eigenvalue weighted by molar-refractivity contribution is 6.07. The van der Waals surface area contributed by atoms with Crippen molar-refractivity contribution in [2.75, 3.05) is 39.1 Å². The lowest BCUT2D eigenvalue weighted by molar-refractivity contribution is -0.269. The van der Waals surface area contributed by atoms with Gasteiger partial charge in [-0.1, -0.05) is 24.3 Å². The van der Waals surface area contributed by atoms with Gasteiger partial charge in [0.1, 0.15) is 12.5 Å². The first-order valence-corrected chi connectivity index (χ1v) is 13.1. The fourth-order valence-electron chi connectivity index (χ4n) is 6.01. The van der Waals surface area contributed by atoms with E-state index in [0.29, 0.717) is 16.7 Å². The van der Waals surface area contributed by atoms with Crippen molar-refractivity contribution in [1.29, 1.82) is 0 Å². The largest absolute Gasteiger partial charge is 0.496 e. The van der Waals surface area contributed by atoms with Crippen molar-refractivity contribution >= 4 is 23.0 Å². The van der Waals surface area contributed by atoms with Crippen molar-refractivity contribution in [1.82, 2.24) is 5.01 Å². The molecule has 10 heteroatoms. The van der Waals surface area contributed by atoms with Gasteiger partial charge in [-0.3, -0.25) is 9.59 Å². The minimum atomic E-state index is -5.21. The Hall–Kier alpha value is -2.95. The molecule has 210 valence electrons. The van der Waals surface area contributed by atoms with Crippen LogP contribution in [-0.4, -0.2) is 62.6 Å². The van der Waals surface area contributed by atoms with Gasteiger partial charge < -0.3 is 14.2 Å². The van der Waals surface area contributed by atoms with Crippen molar-refractivity contribution < 1.29 is 37.0 Å². The molecule has 4 aliphatic rings. The number of carbonyl (C=O) groups is 2. The molecule has 5 rings (SSSR count). The summed E-state index contributed by atoms with van der Waals surface area (Å²) in [5, 5.41) is 2.46. The Morgan fingerprint density at radius 2 is 1.95 bits per heavy atom. The number of nitrogens with zero attached hydrogens (tertiary/aromatic N) is 2. The van der Waals surface area contributed by atoms with Gasteiger partial charge in [-0.2, -0.15) is 18.2 Å². The SMILES string of the molecule is COc1ccc(N(C(=O)C(OC)(C2C=CC=CC2=O)C(F)(F)F)N2CCOC2)c(C2=CCC3(CC2)CC3)c1C. The molecule has 1 amide bonds. The summed E-state index contributed by atoms with van der Waals surface area (Å²) >= 11 is 0. The summed E-state index contributed by atoms with van der Waals surface area (Å²) in [6, 6.07) is 3.25. The molecule has 7 nitrogen and oxygen atoms in total. The number of hydrogen-bond acceptors (Lipinski definition) is 6. The van der Waals surface area contributed by atoms with Crippen LogP contribution in [0.1, 0.15) is 43.2 Å². The van der Waals surface area contributed by atoms with E-state index in [-0.39, 0.29) is 25.6 Å². The number of rotatable bonds is 7. The van der Waals surface area contributed by atoms with Crippen molar-refractivity contribution in [2.24, 2.45) is 11.3 Å². The number of halogens is 3. The fraction of sp³-hybridized carbons (Fsp3) is 0.517. The van der Waals surface area contributed by atoms with Crippen molar-refractivity contribution in [3.05, 3.63) is 53.6 Å². The maximum atomic E-state index is 15.0. The molecule has 3 aliphatic carbocycles. The van der Waals surface area contributed by atoms with Gasteiger partial charge in [0, 0.05) is 24.8 Å². The van der Waals surface area contributed by atoms with Crippen LogP contribution in [0.4, 0.5) is 18.9 Å². The fourth-order valence-corrected chi connectivity index (χ4v) is 6.01. The zero-order chi connectivity index (χ0) is 28.0. The normalized spacial score (nSPS) is 24.0. The van der Waals surface area contributed by atoms with Crippen LogP contribution in [0.3, 0.4) is 0 Å². The van der Waals surface area contributed by atoms with E-state index in [2.05, 4.69) is 6.08 Å². The number of methoxy groups -OCH3 is 2. The number of anilines is 1. The van der Waals surface area contributed by atoms with Crippen LogP contribution >= 0.6 is 0 Å². The molecule has 1 spiro atoms. The lowest BCUT2D eigenvalue weighted by atomic mass is 9.79. The van der Waals surface area contributed by atoms with E-state index in [1.165, 1.54) is 37.1 Å². The molecule has 0 N–H and O–H groups in total. The number of amides is 1. The predicted octanol–water partition coefficient (Wildman–Crippen LogP) is 5.15. The Bertz CT molecular complexity index is 1240. The van der Waals surface area contributed by atoms with Gasteiger partial charge in [-0.15, -0.1) is 0 Å². The van der Waals surface area contributed by atoms with Crippen LogP contribution in [-0.2, 0) is 19.1 Å². The van der Waals surface area contributed by atoms with Crippen molar-refractivity contribution in [3.63, 3.8) is 0 Å². The van der Waals surface area contributed by atoms with Crippen LogP contribution in [0.5, 0.6) is 5.75 Å². The molecular formula is C29H33F3N2O5. The topological polar surface area (TPSA) is 68.3 Å². The average Bonchev–Trinajstić information content (AvgIpc) is 3.43. The first kappa shape index (κ1) is 27.6. The zero-order valence-electron chi connectivity index (χ0n) is 22.3. The second kappa shape index (κ2) is 10.2. The molecule has 2 unspecified atom stereocenters. The Morgan fingerprint density at radius 3 is 2.49 bits per heavy atom. The lowest BCUT2D eigenvalue weighted by Crippen LogP contribution is -2.67. The highest BCUT2D eigenvalue weighted by atomic mass is 19.4. The van der Waals surface area contributed by atoms with E-state index in [1.54, 1.807) is 12.1 Å². The number of hydrazine groups is 1. The quantitative estimate of drug-likeness (QED) is 0.472. The highest BCUT2D eigenvalue weighted by Gasteiger charge is 2.68. The molecule has 0 aromatic heterocycles.